The van der Waals surface area contributed by atoms with E-state index < -0.39 is 11.5 Å². The number of benzene rings is 1. The topological polar surface area (TPSA) is 108 Å². The second-order valence-electron chi connectivity index (χ2n) is 11.1. The van der Waals surface area contributed by atoms with Gasteiger partial charge in [-0.15, -0.1) is 0 Å². The first kappa shape index (κ1) is 29.9. The summed E-state index contributed by atoms with van der Waals surface area (Å²) in [6.45, 7) is 14.1. The van der Waals surface area contributed by atoms with E-state index in [9.17, 15) is 14.9 Å². The van der Waals surface area contributed by atoms with Gasteiger partial charge in [0.15, 0.2) is 5.65 Å². The molecule has 2 unspecified atom stereocenters. The van der Waals surface area contributed by atoms with Crippen LogP contribution in [0.2, 0.25) is 5.02 Å². The molecule has 0 aliphatic carbocycles. The fourth-order valence-electron chi connectivity index (χ4n) is 5.69. The molecule has 4 heterocycles. The van der Waals surface area contributed by atoms with Crippen LogP contribution < -0.4 is 10.6 Å². The van der Waals surface area contributed by atoms with Crippen molar-refractivity contribution in [3.8, 4) is 23.0 Å². The van der Waals surface area contributed by atoms with Gasteiger partial charge in [0.25, 0.3) is 0 Å². The lowest BCUT2D eigenvalue weighted by Crippen LogP contribution is -2.58. The molecule has 220 valence electrons. The number of anilines is 1. The van der Waals surface area contributed by atoms with Gasteiger partial charge in [-0.1, -0.05) is 38.1 Å². The number of amides is 1. The molecule has 11 heteroatoms. The minimum absolute atomic E-state index is 0.0320. The molecule has 0 N–H and O–H groups in total. The zero-order valence-electron chi connectivity index (χ0n) is 24.6. The van der Waals surface area contributed by atoms with E-state index in [1.807, 2.05) is 45.6 Å². The molecule has 0 radical (unpaired) electrons. The molecular formula is C32H31ClFN7O2. The van der Waals surface area contributed by atoms with E-state index in [1.165, 1.54) is 28.8 Å². The largest absolute Gasteiger partial charge is 0.355 e. The maximum absolute atomic E-state index is 15.2. The molecule has 1 aromatic carbocycles. The maximum Gasteiger partial charge on any atom is 0.355 e. The number of pyridine rings is 2. The van der Waals surface area contributed by atoms with Gasteiger partial charge in [-0.25, -0.2) is 18.7 Å². The maximum atomic E-state index is 15.2. The van der Waals surface area contributed by atoms with Gasteiger partial charge in [-0.05, 0) is 62.6 Å². The van der Waals surface area contributed by atoms with Gasteiger partial charge in [0, 0.05) is 31.4 Å². The number of nitriles is 1. The van der Waals surface area contributed by atoms with Crippen LogP contribution in [0.4, 0.5) is 10.2 Å². The molecule has 9 nitrogen and oxygen atoms in total. The summed E-state index contributed by atoms with van der Waals surface area (Å²) in [5.41, 5.74) is 1.61. The monoisotopic (exact) mass is 599 g/mol. The van der Waals surface area contributed by atoms with Gasteiger partial charge in [0.05, 0.1) is 44.7 Å². The molecule has 5 rings (SSSR count). The fraction of sp³-hybridized carbons (Fsp3) is 0.312. The van der Waals surface area contributed by atoms with E-state index in [-0.39, 0.29) is 51.4 Å². The molecule has 2 atom stereocenters. The smallest absolute Gasteiger partial charge is 0.349 e. The van der Waals surface area contributed by atoms with Crippen molar-refractivity contribution in [3.63, 3.8) is 0 Å². The standard InChI is InChI=1S/C32H31ClFN7O2/c1-7-25(42)39-15-20(6)40(16-19(39)5)30-22-13-23(33)28(26-21(14-35)9-8-10-24(26)34)37-31(22)41(32(43)38-30)29-18(4)11-12-36-27(29)17(2)3/h7-13,17,19-20H,1,15-16H2,2-6H3. The minimum atomic E-state index is -0.665. The lowest BCUT2D eigenvalue weighted by molar-refractivity contribution is -0.128. The van der Waals surface area contributed by atoms with Crippen LogP contribution in [-0.2, 0) is 4.79 Å². The van der Waals surface area contributed by atoms with Crippen molar-refractivity contribution in [2.24, 2.45) is 0 Å². The number of halogens is 2. The second kappa shape index (κ2) is 11.6. The normalized spacial score (nSPS) is 16.9. The van der Waals surface area contributed by atoms with E-state index in [0.29, 0.717) is 35.7 Å². The number of nitrogens with zero attached hydrogens (tertiary/aromatic N) is 7. The molecule has 1 saturated heterocycles. The van der Waals surface area contributed by atoms with Crippen molar-refractivity contribution >= 4 is 34.4 Å². The van der Waals surface area contributed by atoms with Crippen LogP contribution in [0.5, 0.6) is 0 Å². The third-order valence-corrected chi connectivity index (χ3v) is 8.10. The summed E-state index contributed by atoms with van der Waals surface area (Å²) in [5, 5.41) is 10.3. The summed E-state index contributed by atoms with van der Waals surface area (Å²) in [7, 11) is 0. The summed E-state index contributed by atoms with van der Waals surface area (Å²) in [6, 6.07) is 9.18. The molecule has 0 spiro atoms. The SMILES string of the molecule is C=CC(=O)N1CC(C)N(c2nc(=O)n(-c3c(C)ccnc3C(C)C)c3nc(-c4c(F)cccc4C#N)c(Cl)cc23)CC1C. The van der Waals surface area contributed by atoms with Gasteiger partial charge >= 0.3 is 5.69 Å². The zero-order chi connectivity index (χ0) is 31.2. The minimum Gasteiger partial charge on any atom is -0.349 e. The first-order valence-corrected chi connectivity index (χ1v) is 14.3. The van der Waals surface area contributed by atoms with E-state index in [2.05, 4.69) is 16.5 Å². The predicted molar refractivity (Wildman–Crippen MR) is 165 cm³/mol. The number of aromatic nitrogens is 4. The lowest BCUT2D eigenvalue weighted by Gasteiger charge is -2.44. The highest BCUT2D eigenvalue weighted by Crippen LogP contribution is 2.37. The number of rotatable bonds is 5. The molecule has 4 aromatic rings. The zero-order valence-corrected chi connectivity index (χ0v) is 25.4. The Morgan fingerprint density at radius 1 is 1.21 bits per heavy atom. The van der Waals surface area contributed by atoms with Gasteiger partial charge in [0.2, 0.25) is 5.91 Å². The van der Waals surface area contributed by atoms with Crippen LogP contribution in [0, 0.1) is 24.1 Å². The number of carbonyl (C=O) groups excluding carboxylic acids is 1. The number of carbonyl (C=O) groups is 1. The third-order valence-electron chi connectivity index (χ3n) is 7.81. The Hall–Kier alpha value is -4.62. The Balaban J connectivity index is 1.86. The van der Waals surface area contributed by atoms with Crippen molar-refractivity contribution in [3.05, 3.63) is 87.3 Å². The first-order valence-electron chi connectivity index (χ1n) is 14.0. The number of hydrogen-bond donors (Lipinski definition) is 0. The highest BCUT2D eigenvalue weighted by atomic mass is 35.5. The Morgan fingerprint density at radius 3 is 2.63 bits per heavy atom. The Kier molecular flexibility index (Phi) is 8.04. The molecule has 1 aliphatic heterocycles. The van der Waals surface area contributed by atoms with Crippen LogP contribution >= 0.6 is 11.6 Å². The van der Waals surface area contributed by atoms with Crippen molar-refractivity contribution < 1.29 is 9.18 Å². The average Bonchev–Trinajstić information content (AvgIpc) is 2.97. The fourth-order valence-corrected chi connectivity index (χ4v) is 5.94. The lowest BCUT2D eigenvalue weighted by atomic mass is 10.0. The highest BCUT2D eigenvalue weighted by Gasteiger charge is 2.34. The number of hydrogen-bond acceptors (Lipinski definition) is 7. The number of fused-ring (bicyclic) bond motifs is 1. The Bertz CT molecular complexity index is 1880. The second-order valence-corrected chi connectivity index (χ2v) is 11.5. The molecule has 0 bridgehead atoms. The van der Waals surface area contributed by atoms with Gasteiger partial charge in [0.1, 0.15) is 11.6 Å². The third kappa shape index (κ3) is 5.14. The van der Waals surface area contributed by atoms with E-state index >= 15 is 4.39 Å². The molecular weight excluding hydrogens is 569 g/mol. The molecule has 43 heavy (non-hydrogen) atoms. The molecule has 1 amide bonds. The van der Waals surface area contributed by atoms with Crippen molar-refractivity contribution in [1.29, 1.82) is 5.26 Å². The summed E-state index contributed by atoms with van der Waals surface area (Å²) in [6.07, 6.45) is 2.98. The van der Waals surface area contributed by atoms with Gasteiger partial charge in [-0.3, -0.25) is 9.78 Å². The number of aryl methyl sites for hydroxylation is 1. The summed E-state index contributed by atoms with van der Waals surface area (Å²) in [4.78, 5) is 44.2. The number of piperazine rings is 1. The van der Waals surface area contributed by atoms with E-state index in [4.69, 9.17) is 16.6 Å². The van der Waals surface area contributed by atoms with Crippen LogP contribution in [-0.4, -0.2) is 55.5 Å². The van der Waals surface area contributed by atoms with E-state index in [1.54, 1.807) is 23.2 Å². The predicted octanol–water partition coefficient (Wildman–Crippen LogP) is 5.55. The van der Waals surface area contributed by atoms with Crippen molar-refractivity contribution in [2.75, 3.05) is 18.0 Å². The Morgan fingerprint density at radius 2 is 1.95 bits per heavy atom. The van der Waals surface area contributed by atoms with Crippen molar-refractivity contribution in [2.45, 2.75) is 52.6 Å². The van der Waals surface area contributed by atoms with Gasteiger partial charge in [-0.2, -0.15) is 10.2 Å². The van der Waals surface area contributed by atoms with Crippen LogP contribution in [0.3, 0.4) is 0 Å². The van der Waals surface area contributed by atoms with Crippen LogP contribution in [0.25, 0.3) is 28.0 Å². The summed E-state index contributed by atoms with van der Waals surface area (Å²) >= 11 is 6.80. The van der Waals surface area contributed by atoms with E-state index in [0.717, 1.165) is 5.56 Å². The van der Waals surface area contributed by atoms with Gasteiger partial charge < -0.3 is 9.80 Å². The molecule has 1 aliphatic rings. The van der Waals surface area contributed by atoms with Crippen LogP contribution in [0.15, 0.2) is 54.0 Å². The average molecular weight is 600 g/mol. The molecule has 3 aromatic heterocycles. The Labute approximate surface area is 253 Å². The molecule has 0 saturated carbocycles. The highest BCUT2D eigenvalue weighted by molar-refractivity contribution is 6.34. The molecule has 1 fully saturated rings. The van der Waals surface area contributed by atoms with Crippen LogP contribution in [0.1, 0.15) is 50.4 Å². The summed E-state index contributed by atoms with van der Waals surface area (Å²) < 4.78 is 16.6. The van der Waals surface area contributed by atoms with Crippen molar-refractivity contribution in [1.82, 2.24) is 24.4 Å². The summed E-state index contributed by atoms with van der Waals surface area (Å²) in [5.74, 6) is -0.532. The quantitative estimate of drug-likeness (QED) is 0.277. The first-order chi connectivity index (χ1) is 20.5.